The predicted octanol–water partition coefficient (Wildman–Crippen LogP) is 6.36. The number of anilines is 1. The number of fused-ring (bicyclic) bond motifs is 1. The highest BCUT2D eigenvalue weighted by atomic mass is 35.5. The Morgan fingerprint density at radius 3 is 2.06 bits per heavy atom. The van der Waals surface area contributed by atoms with Crippen LogP contribution < -0.4 is 5.32 Å². The molecular weight excluding hydrogens is 479 g/mol. The van der Waals surface area contributed by atoms with Crippen molar-refractivity contribution in [2.45, 2.75) is 26.2 Å². The van der Waals surface area contributed by atoms with Crippen LogP contribution in [0, 0.1) is 29.1 Å². The van der Waals surface area contributed by atoms with Crippen molar-refractivity contribution in [1.82, 2.24) is 15.0 Å². The van der Waals surface area contributed by atoms with E-state index in [4.69, 9.17) is 11.6 Å². The molecule has 176 valence electrons. The zero-order valence-electron chi connectivity index (χ0n) is 17.6. The van der Waals surface area contributed by atoms with Gasteiger partial charge in [-0.2, -0.15) is 4.80 Å². The molecule has 4 aromatic rings. The largest absolute Gasteiger partial charge is 0.320 e. The predicted molar refractivity (Wildman–Crippen MR) is 117 cm³/mol. The Morgan fingerprint density at radius 1 is 0.912 bits per heavy atom. The van der Waals surface area contributed by atoms with Crippen LogP contribution in [-0.4, -0.2) is 20.9 Å². The molecule has 0 fully saturated rings. The number of carbonyl (C=O) groups is 1. The average Bonchev–Trinajstić information content (AvgIpc) is 3.23. The summed E-state index contributed by atoms with van der Waals surface area (Å²) in [5.41, 5.74) is 0.689. The van der Waals surface area contributed by atoms with Crippen LogP contribution in [0.1, 0.15) is 35.7 Å². The molecule has 0 bridgehead atoms. The van der Waals surface area contributed by atoms with E-state index in [0.29, 0.717) is 11.2 Å². The Balaban J connectivity index is 1.64. The number of hydrogen-bond acceptors (Lipinski definition) is 3. The van der Waals surface area contributed by atoms with Gasteiger partial charge in [0.1, 0.15) is 16.6 Å². The van der Waals surface area contributed by atoms with Crippen molar-refractivity contribution in [1.29, 1.82) is 0 Å². The first-order chi connectivity index (χ1) is 16.2. The number of unbranched alkanes of at least 4 members (excludes halogenated alkanes) is 1. The summed E-state index contributed by atoms with van der Waals surface area (Å²) in [7, 11) is 0. The first kappa shape index (κ1) is 23.6. The van der Waals surface area contributed by atoms with E-state index in [1.165, 1.54) is 22.5 Å². The lowest BCUT2D eigenvalue weighted by atomic mass is 10.1. The van der Waals surface area contributed by atoms with Gasteiger partial charge in [-0.25, -0.2) is 22.0 Å². The molecule has 0 radical (unpaired) electrons. The minimum absolute atomic E-state index is 0.0771. The van der Waals surface area contributed by atoms with E-state index >= 15 is 0 Å². The van der Waals surface area contributed by atoms with E-state index in [0.717, 1.165) is 19.3 Å². The third-order valence-electron chi connectivity index (χ3n) is 5.14. The molecule has 4 rings (SSSR count). The molecule has 34 heavy (non-hydrogen) atoms. The van der Waals surface area contributed by atoms with E-state index < -0.39 is 40.6 Å². The summed E-state index contributed by atoms with van der Waals surface area (Å²) in [5, 5.41) is 10.6. The van der Waals surface area contributed by atoms with E-state index in [-0.39, 0.29) is 16.2 Å². The molecule has 5 nitrogen and oxygen atoms in total. The Morgan fingerprint density at radius 2 is 1.47 bits per heavy atom. The highest BCUT2D eigenvalue weighted by Crippen LogP contribution is 2.29. The molecule has 0 aliphatic carbocycles. The average molecular weight is 495 g/mol. The van der Waals surface area contributed by atoms with Crippen molar-refractivity contribution in [2.24, 2.45) is 0 Å². The Bertz CT molecular complexity index is 1380. The Hall–Kier alpha value is -3.53. The number of benzene rings is 3. The lowest BCUT2D eigenvalue weighted by molar-refractivity contribution is 0.101. The van der Waals surface area contributed by atoms with Crippen LogP contribution in [0.25, 0.3) is 16.7 Å². The van der Waals surface area contributed by atoms with Crippen molar-refractivity contribution in [2.75, 3.05) is 5.32 Å². The number of rotatable bonds is 6. The van der Waals surface area contributed by atoms with Crippen molar-refractivity contribution in [3.05, 3.63) is 81.6 Å². The normalized spacial score (nSPS) is 11.3. The van der Waals surface area contributed by atoms with Crippen molar-refractivity contribution in [3.63, 3.8) is 0 Å². The summed E-state index contributed by atoms with van der Waals surface area (Å²) < 4.78 is 68.1. The van der Waals surface area contributed by atoms with Crippen LogP contribution >= 0.6 is 11.6 Å². The van der Waals surface area contributed by atoms with Gasteiger partial charge < -0.3 is 5.32 Å². The van der Waals surface area contributed by atoms with Gasteiger partial charge in [0.15, 0.2) is 23.3 Å². The molecule has 0 saturated carbocycles. The van der Waals surface area contributed by atoms with Gasteiger partial charge in [-0.05, 0) is 42.7 Å². The first-order valence-corrected chi connectivity index (χ1v) is 10.6. The number of amides is 1. The second kappa shape index (κ2) is 9.38. The molecule has 0 spiro atoms. The van der Waals surface area contributed by atoms with Crippen molar-refractivity contribution >= 4 is 34.2 Å². The topological polar surface area (TPSA) is 59.8 Å². The molecule has 1 heterocycles. The van der Waals surface area contributed by atoms with Crippen LogP contribution in [0.2, 0.25) is 5.02 Å². The molecule has 3 aromatic carbocycles. The van der Waals surface area contributed by atoms with E-state index in [9.17, 15) is 26.7 Å². The fourth-order valence-corrected chi connectivity index (χ4v) is 3.52. The van der Waals surface area contributed by atoms with E-state index in [1.807, 2.05) is 24.3 Å². The smallest absolute Gasteiger partial charge is 0.261 e. The maximum atomic E-state index is 14.0. The highest BCUT2D eigenvalue weighted by Gasteiger charge is 2.30. The third-order valence-corrected chi connectivity index (χ3v) is 5.45. The highest BCUT2D eigenvalue weighted by molar-refractivity contribution is 6.34. The number of carbonyl (C=O) groups excluding carboxylic acids is 1. The molecule has 1 aromatic heterocycles. The number of nitrogens with zero attached hydrogens (tertiary/aromatic N) is 3. The zero-order valence-corrected chi connectivity index (χ0v) is 18.4. The summed E-state index contributed by atoms with van der Waals surface area (Å²) in [6.07, 6.45) is 3.10. The van der Waals surface area contributed by atoms with Crippen LogP contribution in [0.4, 0.5) is 27.6 Å². The van der Waals surface area contributed by atoms with Gasteiger partial charge in [-0.15, -0.1) is 10.2 Å². The van der Waals surface area contributed by atoms with Crippen LogP contribution in [0.5, 0.6) is 0 Å². The van der Waals surface area contributed by atoms with Gasteiger partial charge in [0.25, 0.3) is 5.91 Å². The second-order valence-electron chi connectivity index (χ2n) is 7.48. The molecule has 0 saturated heterocycles. The summed E-state index contributed by atoms with van der Waals surface area (Å²) in [6.45, 7) is 2.11. The molecule has 11 heteroatoms. The van der Waals surface area contributed by atoms with E-state index in [2.05, 4.69) is 22.4 Å². The zero-order chi connectivity index (χ0) is 24.6. The molecule has 0 aliphatic heterocycles. The Labute approximate surface area is 195 Å². The summed E-state index contributed by atoms with van der Waals surface area (Å²) in [5.74, 6) is -12.9. The molecule has 0 aliphatic rings. The van der Waals surface area contributed by atoms with Crippen molar-refractivity contribution < 1.29 is 26.7 Å². The van der Waals surface area contributed by atoms with Crippen LogP contribution in [0.3, 0.4) is 0 Å². The van der Waals surface area contributed by atoms with Crippen LogP contribution in [0.15, 0.2) is 36.4 Å². The number of nitrogens with one attached hydrogen (secondary N) is 1. The summed E-state index contributed by atoms with van der Waals surface area (Å²) in [6, 6.07) is 10.2. The van der Waals surface area contributed by atoms with Crippen molar-refractivity contribution in [3.8, 4) is 5.69 Å². The summed E-state index contributed by atoms with van der Waals surface area (Å²) in [4.78, 5) is 13.7. The minimum Gasteiger partial charge on any atom is -0.320 e. The molecule has 1 amide bonds. The molecule has 0 atom stereocenters. The molecule has 1 N–H and O–H groups in total. The van der Waals surface area contributed by atoms with Gasteiger partial charge in [-0.1, -0.05) is 37.1 Å². The number of aromatic nitrogens is 3. The van der Waals surface area contributed by atoms with Gasteiger partial charge >= 0.3 is 0 Å². The lowest BCUT2D eigenvalue weighted by Gasteiger charge is -2.10. The summed E-state index contributed by atoms with van der Waals surface area (Å²) >= 11 is 6.14. The van der Waals surface area contributed by atoms with Gasteiger partial charge in [-0.3, -0.25) is 4.79 Å². The standard InChI is InChI=1S/C23H16ClF5N4O/c1-2-3-4-11-5-7-12(8-6-11)33-31-15-9-13(24)14(10-16(15)32-33)30-23(34)17-18(25)20(27)22(29)21(28)19(17)26/h5-10H,2-4H2,1H3,(H,30,34). The first-order valence-electron chi connectivity index (χ1n) is 10.2. The third kappa shape index (κ3) is 4.33. The fourth-order valence-electron chi connectivity index (χ4n) is 3.32. The number of aryl methyl sites for hydroxylation is 1. The minimum atomic E-state index is -2.36. The van der Waals surface area contributed by atoms with Crippen LogP contribution in [-0.2, 0) is 6.42 Å². The number of halogens is 6. The molecular formula is C23H16ClF5N4O. The number of hydrogen-bond donors (Lipinski definition) is 1. The quantitative estimate of drug-likeness (QED) is 0.193. The van der Waals surface area contributed by atoms with Gasteiger partial charge in [0.05, 0.1) is 16.4 Å². The SMILES string of the molecule is CCCCc1ccc(-n2nc3cc(Cl)c(NC(=O)c4c(F)c(F)c(F)c(F)c4F)cc3n2)cc1. The maximum absolute atomic E-state index is 14.0. The second-order valence-corrected chi connectivity index (χ2v) is 7.89. The van der Waals surface area contributed by atoms with E-state index in [1.54, 1.807) is 0 Å². The maximum Gasteiger partial charge on any atom is 0.261 e. The fraction of sp³-hybridized carbons (Fsp3) is 0.174. The molecule has 0 unspecified atom stereocenters. The Kier molecular flexibility index (Phi) is 6.52. The van der Waals surface area contributed by atoms with Gasteiger partial charge in [0, 0.05) is 0 Å². The monoisotopic (exact) mass is 494 g/mol. The lowest BCUT2D eigenvalue weighted by Crippen LogP contribution is -2.19. The van der Waals surface area contributed by atoms with Gasteiger partial charge in [0.2, 0.25) is 5.82 Å².